The van der Waals surface area contributed by atoms with E-state index in [1.165, 1.54) is 10.2 Å². The van der Waals surface area contributed by atoms with Gasteiger partial charge in [-0.2, -0.15) is 5.10 Å². The number of benzene rings is 1. The second kappa shape index (κ2) is 6.88. The number of aryl methyl sites for hydroxylation is 2. The van der Waals surface area contributed by atoms with Crippen LogP contribution in [-0.2, 0) is 20.1 Å². The molecule has 2 aromatic heterocycles. The summed E-state index contributed by atoms with van der Waals surface area (Å²) in [6, 6.07) is 8.10. The highest BCUT2D eigenvalue weighted by molar-refractivity contribution is 6.33. The lowest BCUT2D eigenvalue weighted by Gasteiger charge is -2.07. The van der Waals surface area contributed by atoms with Crippen LogP contribution in [0.15, 0.2) is 43.0 Å². The minimum Gasteiger partial charge on any atom is -0.348 e. The first-order valence-electron chi connectivity index (χ1n) is 7.55. The van der Waals surface area contributed by atoms with E-state index in [2.05, 4.69) is 15.4 Å². The fourth-order valence-corrected chi connectivity index (χ4v) is 2.77. The van der Waals surface area contributed by atoms with Crippen molar-refractivity contribution in [2.24, 2.45) is 7.05 Å². The van der Waals surface area contributed by atoms with E-state index in [0.717, 1.165) is 12.1 Å². The SMILES string of the molecule is Cc1nn(C)c(Cl)c1C(=O)NCc1ccc(Cn2ccnc2)cc1. The highest BCUT2D eigenvalue weighted by Crippen LogP contribution is 2.18. The normalized spacial score (nSPS) is 10.8. The summed E-state index contributed by atoms with van der Waals surface area (Å²) >= 11 is 6.11. The number of aromatic nitrogens is 4. The zero-order valence-corrected chi connectivity index (χ0v) is 14.3. The molecule has 24 heavy (non-hydrogen) atoms. The Morgan fingerprint density at radius 3 is 2.54 bits per heavy atom. The predicted octanol–water partition coefficient (Wildman–Crippen LogP) is 2.56. The summed E-state index contributed by atoms with van der Waals surface area (Å²) in [4.78, 5) is 16.3. The zero-order chi connectivity index (χ0) is 17.1. The Morgan fingerprint density at radius 1 is 1.25 bits per heavy atom. The lowest BCUT2D eigenvalue weighted by Crippen LogP contribution is -2.23. The van der Waals surface area contributed by atoms with Crippen LogP contribution in [0.3, 0.4) is 0 Å². The molecule has 6 nitrogen and oxygen atoms in total. The van der Waals surface area contributed by atoms with Gasteiger partial charge in [-0.05, 0) is 18.1 Å². The maximum atomic E-state index is 12.3. The van der Waals surface area contributed by atoms with Crippen molar-refractivity contribution in [2.75, 3.05) is 0 Å². The van der Waals surface area contributed by atoms with E-state index in [9.17, 15) is 4.79 Å². The van der Waals surface area contributed by atoms with Gasteiger partial charge in [-0.25, -0.2) is 4.98 Å². The van der Waals surface area contributed by atoms with Gasteiger partial charge in [0.25, 0.3) is 5.91 Å². The van der Waals surface area contributed by atoms with Crippen molar-refractivity contribution < 1.29 is 4.79 Å². The summed E-state index contributed by atoms with van der Waals surface area (Å²) in [5.74, 6) is -0.215. The molecule has 0 saturated heterocycles. The second-order valence-corrected chi connectivity index (χ2v) is 5.97. The lowest BCUT2D eigenvalue weighted by atomic mass is 10.1. The van der Waals surface area contributed by atoms with E-state index in [1.807, 2.05) is 35.0 Å². The Kier molecular flexibility index (Phi) is 4.66. The van der Waals surface area contributed by atoms with Crippen molar-refractivity contribution in [1.82, 2.24) is 24.6 Å². The van der Waals surface area contributed by atoms with Gasteiger partial charge in [-0.15, -0.1) is 0 Å². The number of hydrogen-bond acceptors (Lipinski definition) is 3. The highest BCUT2D eigenvalue weighted by atomic mass is 35.5. The molecule has 0 aliphatic rings. The van der Waals surface area contributed by atoms with Gasteiger partial charge in [0.1, 0.15) is 5.15 Å². The first-order valence-corrected chi connectivity index (χ1v) is 7.93. The zero-order valence-electron chi connectivity index (χ0n) is 13.5. The molecule has 0 spiro atoms. The van der Waals surface area contributed by atoms with E-state index in [1.54, 1.807) is 26.5 Å². The molecule has 0 saturated carbocycles. The number of halogens is 1. The van der Waals surface area contributed by atoms with Crippen LogP contribution in [0.2, 0.25) is 5.15 Å². The maximum Gasteiger partial charge on any atom is 0.256 e. The van der Waals surface area contributed by atoms with Crippen LogP contribution >= 0.6 is 11.6 Å². The second-order valence-electron chi connectivity index (χ2n) is 5.61. The number of rotatable bonds is 5. The molecule has 124 valence electrons. The van der Waals surface area contributed by atoms with E-state index in [4.69, 9.17) is 11.6 Å². The van der Waals surface area contributed by atoms with Crippen LogP contribution in [0.1, 0.15) is 27.2 Å². The van der Waals surface area contributed by atoms with E-state index < -0.39 is 0 Å². The van der Waals surface area contributed by atoms with Crippen LogP contribution in [0.25, 0.3) is 0 Å². The third-order valence-corrected chi connectivity index (χ3v) is 4.21. The molecule has 3 aromatic rings. The molecule has 0 unspecified atom stereocenters. The van der Waals surface area contributed by atoms with E-state index >= 15 is 0 Å². The standard InChI is InChI=1S/C17H18ClN5O/c1-12-15(16(18)22(2)21-12)17(24)20-9-13-3-5-14(6-4-13)10-23-8-7-19-11-23/h3-8,11H,9-10H2,1-2H3,(H,20,24). The molecule has 0 radical (unpaired) electrons. The van der Waals surface area contributed by atoms with Gasteiger partial charge in [-0.1, -0.05) is 35.9 Å². The molecule has 7 heteroatoms. The summed E-state index contributed by atoms with van der Waals surface area (Å²) < 4.78 is 3.50. The summed E-state index contributed by atoms with van der Waals surface area (Å²) in [6.45, 7) is 2.98. The van der Waals surface area contributed by atoms with Crippen molar-refractivity contribution >= 4 is 17.5 Å². The fourth-order valence-electron chi connectivity index (χ4n) is 2.51. The topological polar surface area (TPSA) is 64.7 Å². The Bertz CT molecular complexity index is 837. The lowest BCUT2D eigenvalue weighted by molar-refractivity contribution is 0.0950. The van der Waals surface area contributed by atoms with Crippen molar-refractivity contribution in [1.29, 1.82) is 0 Å². The number of hydrogen-bond donors (Lipinski definition) is 1. The first-order chi connectivity index (χ1) is 11.5. The van der Waals surface area contributed by atoms with E-state index in [0.29, 0.717) is 23.0 Å². The highest BCUT2D eigenvalue weighted by Gasteiger charge is 2.18. The first kappa shape index (κ1) is 16.3. The summed E-state index contributed by atoms with van der Waals surface area (Å²) in [5, 5.41) is 7.38. The number of carbonyl (C=O) groups excluding carboxylic acids is 1. The summed E-state index contributed by atoms with van der Waals surface area (Å²) in [6.07, 6.45) is 5.47. The minimum atomic E-state index is -0.215. The Balaban J connectivity index is 1.61. The monoisotopic (exact) mass is 343 g/mol. The number of carbonyl (C=O) groups is 1. The molecule has 2 heterocycles. The van der Waals surface area contributed by atoms with Gasteiger partial charge in [0.15, 0.2) is 0 Å². The average Bonchev–Trinajstić information content (AvgIpc) is 3.15. The molecule has 1 amide bonds. The van der Waals surface area contributed by atoms with Crippen molar-refractivity contribution in [3.8, 4) is 0 Å². The van der Waals surface area contributed by atoms with Gasteiger partial charge in [0.2, 0.25) is 0 Å². The Hall–Kier alpha value is -2.60. The molecular formula is C17H18ClN5O. The van der Waals surface area contributed by atoms with Gasteiger partial charge >= 0.3 is 0 Å². The molecule has 0 bridgehead atoms. The summed E-state index contributed by atoms with van der Waals surface area (Å²) in [7, 11) is 1.71. The van der Waals surface area contributed by atoms with Crippen LogP contribution in [-0.4, -0.2) is 25.2 Å². The van der Waals surface area contributed by atoms with Crippen LogP contribution in [0, 0.1) is 6.92 Å². The number of amides is 1. The molecular weight excluding hydrogens is 326 g/mol. The summed E-state index contributed by atoms with van der Waals surface area (Å²) in [5.41, 5.74) is 3.25. The van der Waals surface area contributed by atoms with Gasteiger partial charge < -0.3 is 9.88 Å². The molecule has 0 atom stereocenters. The molecule has 3 rings (SSSR count). The van der Waals surface area contributed by atoms with Gasteiger partial charge in [0.05, 0.1) is 17.6 Å². The van der Waals surface area contributed by atoms with Gasteiger partial charge in [0, 0.05) is 32.5 Å². The van der Waals surface area contributed by atoms with Crippen molar-refractivity contribution in [2.45, 2.75) is 20.0 Å². The molecule has 0 aliphatic carbocycles. The fraction of sp³-hybridized carbons (Fsp3) is 0.235. The average molecular weight is 344 g/mol. The number of nitrogens with zero attached hydrogens (tertiary/aromatic N) is 4. The smallest absolute Gasteiger partial charge is 0.256 e. The predicted molar refractivity (Wildman–Crippen MR) is 91.9 cm³/mol. The minimum absolute atomic E-state index is 0.215. The Labute approximate surface area is 145 Å². The molecule has 0 fully saturated rings. The van der Waals surface area contributed by atoms with Gasteiger partial charge in [-0.3, -0.25) is 9.48 Å². The quantitative estimate of drug-likeness (QED) is 0.774. The molecule has 0 aliphatic heterocycles. The third kappa shape index (κ3) is 3.49. The Morgan fingerprint density at radius 2 is 1.96 bits per heavy atom. The van der Waals surface area contributed by atoms with Crippen molar-refractivity contribution in [3.05, 3.63) is 70.5 Å². The number of imidazole rings is 1. The third-order valence-electron chi connectivity index (χ3n) is 3.78. The largest absolute Gasteiger partial charge is 0.348 e. The van der Waals surface area contributed by atoms with Crippen LogP contribution in [0.5, 0.6) is 0 Å². The van der Waals surface area contributed by atoms with E-state index in [-0.39, 0.29) is 5.91 Å². The molecule has 1 N–H and O–H groups in total. The van der Waals surface area contributed by atoms with Crippen LogP contribution in [0.4, 0.5) is 0 Å². The van der Waals surface area contributed by atoms with Crippen molar-refractivity contribution in [3.63, 3.8) is 0 Å². The van der Waals surface area contributed by atoms with Crippen LogP contribution < -0.4 is 5.32 Å². The number of nitrogens with one attached hydrogen (secondary N) is 1. The molecule has 1 aromatic carbocycles. The maximum absolute atomic E-state index is 12.3.